The van der Waals surface area contributed by atoms with Gasteiger partial charge in [0.05, 0.1) is 30.2 Å². The highest BCUT2D eigenvalue weighted by molar-refractivity contribution is 7.89. The van der Waals surface area contributed by atoms with E-state index in [0.717, 1.165) is 0 Å². The molecule has 2 N–H and O–H groups in total. The minimum atomic E-state index is -3.72. The Balaban J connectivity index is 2.04. The molecule has 2 aromatic rings. The number of hydrogen-bond acceptors (Lipinski definition) is 7. The summed E-state index contributed by atoms with van der Waals surface area (Å²) >= 11 is 0. The van der Waals surface area contributed by atoms with Crippen molar-refractivity contribution in [3.63, 3.8) is 0 Å². The number of rotatable bonds is 8. The summed E-state index contributed by atoms with van der Waals surface area (Å²) < 4.78 is 35.9. The van der Waals surface area contributed by atoms with Gasteiger partial charge in [0, 0.05) is 18.7 Å². The van der Waals surface area contributed by atoms with E-state index in [1.807, 2.05) is 0 Å². The van der Waals surface area contributed by atoms with Crippen molar-refractivity contribution in [1.82, 2.24) is 4.72 Å². The lowest BCUT2D eigenvalue weighted by Crippen LogP contribution is -2.27. The largest absolute Gasteiger partial charge is 0.465 e. The quantitative estimate of drug-likeness (QED) is 0.620. The molecule has 0 unspecified atom stereocenters. The highest BCUT2D eigenvalue weighted by atomic mass is 32.2. The van der Waals surface area contributed by atoms with Crippen LogP contribution >= 0.6 is 0 Å². The van der Waals surface area contributed by atoms with Crippen molar-refractivity contribution in [3.8, 4) is 0 Å². The van der Waals surface area contributed by atoms with Crippen LogP contribution in [-0.4, -0.2) is 47.0 Å². The third-order valence-electron chi connectivity index (χ3n) is 3.76. The molecule has 0 bridgehead atoms. The first-order chi connectivity index (χ1) is 13.8. The summed E-state index contributed by atoms with van der Waals surface area (Å²) in [4.78, 5) is 35.8. The minimum Gasteiger partial charge on any atom is -0.465 e. The van der Waals surface area contributed by atoms with Gasteiger partial charge >= 0.3 is 11.9 Å². The Morgan fingerprint density at radius 3 is 1.97 bits per heavy atom. The molecule has 29 heavy (non-hydrogen) atoms. The third-order valence-corrected chi connectivity index (χ3v) is 5.23. The monoisotopic (exact) mass is 420 g/mol. The van der Waals surface area contributed by atoms with Crippen LogP contribution < -0.4 is 10.0 Å². The van der Waals surface area contributed by atoms with E-state index in [1.54, 1.807) is 18.2 Å². The van der Waals surface area contributed by atoms with Crippen molar-refractivity contribution in [1.29, 1.82) is 0 Å². The molecule has 9 nitrogen and oxygen atoms in total. The summed E-state index contributed by atoms with van der Waals surface area (Å²) in [7, 11) is -1.35. The van der Waals surface area contributed by atoms with E-state index in [2.05, 4.69) is 19.5 Å². The molecule has 0 fully saturated rings. The van der Waals surface area contributed by atoms with E-state index in [-0.39, 0.29) is 34.7 Å². The van der Waals surface area contributed by atoms with Gasteiger partial charge in [-0.05, 0) is 30.3 Å². The van der Waals surface area contributed by atoms with E-state index in [9.17, 15) is 22.8 Å². The zero-order chi connectivity index (χ0) is 21.4. The van der Waals surface area contributed by atoms with Gasteiger partial charge < -0.3 is 14.8 Å². The second-order valence-corrected chi connectivity index (χ2v) is 7.56. The Labute approximate surface area is 168 Å². The number of carbonyl (C=O) groups excluding carboxylic acids is 3. The van der Waals surface area contributed by atoms with E-state index >= 15 is 0 Å². The number of methoxy groups -OCH3 is 2. The molecule has 0 saturated carbocycles. The zero-order valence-corrected chi connectivity index (χ0v) is 16.6. The van der Waals surface area contributed by atoms with Gasteiger partial charge in [-0.25, -0.2) is 22.7 Å². The number of benzene rings is 2. The van der Waals surface area contributed by atoms with Gasteiger partial charge in [0.1, 0.15) is 0 Å². The maximum atomic E-state index is 12.2. The molecule has 10 heteroatoms. The van der Waals surface area contributed by atoms with Gasteiger partial charge in [-0.2, -0.15) is 0 Å². The number of hydrogen-bond donors (Lipinski definition) is 2. The van der Waals surface area contributed by atoms with Crippen molar-refractivity contribution >= 4 is 33.6 Å². The average molecular weight is 420 g/mol. The number of nitrogens with one attached hydrogen (secondary N) is 2. The molecule has 0 saturated heterocycles. The molecule has 0 atom stereocenters. The van der Waals surface area contributed by atoms with Crippen molar-refractivity contribution in [2.24, 2.45) is 0 Å². The summed E-state index contributed by atoms with van der Waals surface area (Å²) in [6, 6.07) is 11.7. The lowest BCUT2D eigenvalue weighted by atomic mass is 10.1. The van der Waals surface area contributed by atoms with Gasteiger partial charge in [-0.15, -0.1) is 0 Å². The van der Waals surface area contributed by atoms with Crippen molar-refractivity contribution in [2.45, 2.75) is 11.3 Å². The predicted octanol–water partition coefficient (Wildman–Crippen LogP) is 1.57. The Hall–Kier alpha value is -3.24. The molecule has 0 radical (unpaired) electrons. The molecular formula is C19H20N2O7S. The lowest BCUT2D eigenvalue weighted by Gasteiger charge is -2.10. The number of sulfonamides is 1. The second kappa shape index (κ2) is 9.80. The fourth-order valence-corrected chi connectivity index (χ4v) is 3.43. The highest BCUT2D eigenvalue weighted by Crippen LogP contribution is 2.17. The molecule has 0 spiro atoms. The zero-order valence-electron chi connectivity index (χ0n) is 15.8. The first kappa shape index (κ1) is 22.1. The molecule has 0 heterocycles. The Bertz CT molecular complexity index is 970. The first-order valence-corrected chi connectivity index (χ1v) is 9.91. The van der Waals surface area contributed by atoms with Crippen LogP contribution in [0.3, 0.4) is 0 Å². The van der Waals surface area contributed by atoms with Gasteiger partial charge in [0.25, 0.3) is 0 Å². The first-order valence-electron chi connectivity index (χ1n) is 8.43. The number of esters is 2. The molecule has 1 amide bonds. The number of anilines is 1. The maximum absolute atomic E-state index is 12.2. The van der Waals surface area contributed by atoms with Crippen LogP contribution in [-0.2, 0) is 24.3 Å². The number of amides is 1. The van der Waals surface area contributed by atoms with E-state index in [1.165, 1.54) is 44.6 Å². The number of ether oxygens (including phenoxy) is 2. The van der Waals surface area contributed by atoms with E-state index in [4.69, 9.17) is 0 Å². The summed E-state index contributed by atoms with van der Waals surface area (Å²) in [6.45, 7) is -0.135. The molecular weight excluding hydrogens is 400 g/mol. The van der Waals surface area contributed by atoms with Crippen molar-refractivity contribution < 1.29 is 32.3 Å². The molecule has 0 aliphatic carbocycles. The number of carbonyl (C=O) groups is 3. The van der Waals surface area contributed by atoms with Crippen LogP contribution in [0, 0.1) is 0 Å². The molecule has 0 aromatic heterocycles. The summed E-state index contributed by atoms with van der Waals surface area (Å²) in [6.07, 6.45) is -0.165. The normalized spacial score (nSPS) is 10.8. The molecule has 2 rings (SSSR count). The average Bonchev–Trinajstić information content (AvgIpc) is 2.72. The van der Waals surface area contributed by atoms with Crippen molar-refractivity contribution in [3.05, 3.63) is 59.7 Å². The maximum Gasteiger partial charge on any atom is 0.337 e. The SMILES string of the molecule is COC(=O)c1cc(NC(=O)CCNS(=O)(=O)c2ccccc2)cc(C(=O)OC)c1. The fraction of sp³-hybridized carbons (Fsp3) is 0.211. The van der Waals surface area contributed by atoms with Crippen molar-refractivity contribution in [2.75, 3.05) is 26.1 Å². The Kier molecular flexibility index (Phi) is 7.46. The standard InChI is InChI=1S/C19H20N2O7S/c1-27-18(23)13-10-14(19(24)28-2)12-15(11-13)21-17(22)8-9-20-29(25,26)16-6-4-3-5-7-16/h3-7,10-12,20H,8-9H2,1-2H3,(H,21,22). The minimum absolute atomic E-state index is 0.0514. The van der Waals surface area contributed by atoms with E-state index < -0.39 is 27.9 Å². The smallest absolute Gasteiger partial charge is 0.337 e. The molecule has 154 valence electrons. The Morgan fingerprint density at radius 2 is 1.45 bits per heavy atom. The van der Waals surface area contributed by atoms with E-state index in [0.29, 0.717) is 0 Å². The summed E-state index contributed by atoms with van der Waals surface area (Å²) in [5.41, 5.74) is 0.273. The fourth-order valence-electron chi connectivity index (χ4n) is 2.38. The molecule has 0 aliphatic rings. The second-order valence-electron chi connectivity index (χ2n) is 5.79. The van der Waals surface area contributed by atoms with Gasteiger partial charge in [-0.1, -0.05) is 18.2 Å². The van der Waals surface area contributed by atoms with Crippen LogP contribution in [0.15, 0.2) is 53.4 Å². The third kappa shape index (κ3) is 6.13. The van der Waals surface area contributed by atoms with Crippen LogP contribution in [0.4, 0.5) is 5.69 Å². The Morgan fingerprint density at radius 1 is 0.897 bits per heavy atom. The molecule has 2 aromatic carbocycles. The lowest BCUT2D eigenvalue weighted by molar-refractivity contribution is -0.116. The van der Waals surface area contributed by atoms with Gasteiger partial charge in [0.15, 0.2) is 0 Å². The van der Waals surface area contributed by atoms with Crippen LogP contribution in [0.2, 0.25) is 0 Å². The predicted molar refractivity (Wildman–Crippen MR) is 104 cm³/mol. The topological polar surface area (TPSA) is 128 Å². The molecule has 0 aliphatic heterocycles. The summed E-state index contributed by atoms with van der Waals surface area (Å²) in [5.74, 6) is -1.90. The highest BCUT2D eigenvalue weighted by Gasteiger charge is 2.16. The van der Waals surface area contributed by atoms with Crippen LogP contribution in [0.5, 0.6) is 0 Å². The summed E-state index contributed by atoms with van der Waals surface area (Å²) in [5, 5.41) is 2.52. The van der Waals surface area contributed by atoms with Gasteiger partial charge in [0.2, 0.25) is 15.9 Å². The van der Waals surface area contributed by atoms with Crippen LogP contribution in [0.25, 0.3) is 0 Å². The van der Waals surface area contributed by atoms with Gasteiger partial charge in [-0.3, -0.25) is 4.79 Å². The van der Waals surface area contributed by atoms with Crippen LogP contribution in [0.1, 0.15) is 27.1 Å².